The first-order chi connectivity index (χ1) is 12.3. The van der Waals surface area contributed by atoms with Crippen molar-refractivity contribution in [3.05, 3.63) is 33.8 Å². The second kappa shape index (κ2) is 12.1. The average Bonchev–Trinajstić information content (AvgIpc) is 2.54. The van der Waals surface area contributed by atoms with Crippen molar-refractivity contribution in [2.45, 2.75) is 53.4 Å². The van der Waals surface area contributed by atoms with Gasteiger partial charge >= 0.3 is 0 Å². The van der Waals surface area contributed by atoms with Crippen molar-refractivity contribution >= 4 is 28.9 Å². The lowest BCUT2D eigenvalue weighted by Crippen LogP contribution is -2.05. The topological polar surface area (TPSA) is 40.0 Å². The summed E-state index contributed by atoms with van der Waals surface area (Å²) in [6, 6.07) is 3.99. The van der Waals surface area contributed by atoms with E-state index in [9.17, 15) is 0 Å². The second-order valence-corrected chi connectivity index (χ2v) is 7.55. The molecule has 0 amide bonds. The van der Waals surface area contributed by atoms with E-state index in [1.54, 1.807) is 6.08 Å². The van der Waals surface area contributed by atoms with Crippen molar-refractivity contribution < 1.29 is 14.3 Å². The van der Waals surface area contributed by atoms with Crippen LogP contribution in [0.1, 0.15) is 57.6 Å². The van der Waals surface area contributed by atoms with Crippen LogP contribution in [0.15, 0.2) is 27.9 Å². The Kier molecular flexibility index (Phi) is 10.5. The predicted octanol–water partition coefficient (Wildman–Crippen LogP) is 6.39. The van der Waals surface area contributed by atoms with Crippen LogP contribution in [0, 0.1) is 6.92 Å². The van der Waals surface area contributed by atoms with Crippen LogP contribution in [0.2, 0.25) is 0 Å². The highest BCUT2D eigenvalue weighted by Gasteiger charge is 2.13. The largest absolute Gasteiger partial charge is 0.493 e. The van der Waals surface area contributed by atoms with E-state index < -0.39 is 0 Å². The van der Waals surface area contributed by atoms with Gasteiger partial charge in [-0.25, -0.2) is 0 Å². The summed E-state index contributed by atoms with van der Waals surface area (Å²) in [6.07, 6.45) is 3.43. The third kappa shape index (κ3) is 8.81. The van der Waals surface area contributed by atoms with Gasteiger partial charge in [-0.05, 0) is 63.3 Å². The fourth-order valence-electron chi connectivity index (χ4n) is 2.29. The molecule has 0 bridgehead atoms. The molecule has 0 aromatic heterocycles. The maximum absolute atomic E-state index is 6.05. The lowest BCUT2D eigenvalue weighted by molar-refractivity contribution is 0.135. The van der Waals surface area contributed by atoms with Crippen LogP contribution in [0.4, 0.5) is 0 Å². The van der Waals surface area contributed by atoms with Gasteiger partial charge in [-0.2, -0.15) is 0 Å². The molecule has 1 aromatic carbocycles. The quantitative estimate of drug-likeness (QED) is 0.245. The molecule has 0 aliphatic heterocycles. The van der Waals surface area contributed by atoms with Crippen LogP contribution >= 0.6 is 23.2 Å². The molecule has 0 aliphatic carbocycles. The second-order valence-electron chi connectivity index (χ2n) is 6.55. The number of unbranched alkanes of at least 4 members (excludes halogenated alkanes) is 1. The minimum atomic E-state index is 0.203. The number of ether oxygens (including phenoxy) is 2. The molecule has 4 nitrogen and oxygen atoms in total. The Bertz CT molecular complexity index is 620. The van der Waals surface area contributed by atoms with Gasteiger partial charge in [0.25, 0.3) is 0 Å². The van der Waals surface area contributed by atoms with Crippen molar-refractivity contribution in [2.75, 3.05) is 19.8 Å². The van der Waals surface area contributed by atoms with Crippen LogP contribution in [0.25, 0.3) is 0 Å². The lowest BCUT2D eigenvalue weighted by Gasteiger charge is -2.18. The summed E-state index contributed by atoms with van der Waals surface area (Å²) in [6.45, 7) is 11.7. The summed E-state index contributed by atoms with van der Waals surface area (Å²) in [7, 11) is 0. The van der Waals surface area contributed by atoms with Crippen molar-refractivity contribution in [1.29, 1.82) is 0 Å². The van der Waals surface area contributed by atoms with Gasteiger partial charge in [-0.3, -0.25) is 0 Å². The molecule has 26 heavy (non-hydrogen) atoms. The molecule has 6 heteroatoms. The fourth-order valence-corrected chi connectivity index (χ4v) is 2.42. The third-order valence-corrected chi connectivity index (χ3v) is 3.82. The highest BCUT2D eigenvalue weighted by molar-refractivity contribution is 6.55. The number of hydrogen-bond acceptors (Lipinski definition) is 4. The van der Waals surface area contributed by atoms with Crippen molar-refractivity contribution in [3.63, 3.8) is 0 Å². The first-order valence-electron chi connectivity index (χ1n) is 8.85. The van der Waals surface area contributed by atoms with Gasteiger partial charge in [-0.15, -0.1) is 0 Å². The minimum absolute atomic E-state index is 0.203. The van der Waals surface area contributed by atoms with E-state index in [0.717, 1.165) is 41.2 Å². The number of benzene rings is 1. The fraction of sp³-hybridized carbons (Fsp3) is 0.550. The van der Waals surface area contributed by atoms with E-state index in [4.69, 9.17) is 37.5 Å². The van der Waals surface area contributed by atoms with E-state index in [0.29, 0.717) is 25.7 Å². The van der Waals surface area contributed by atoms with Crippen LogP contribution in [-0.4, -0.2) is 25.5 Å². The van der Waals surface area contributed by atoms with Crippen LogP contribution < -0.4 is 9.47 Å². The summed E-state index contributed by atoms with van der Waals surface area (Å²) in [5.74, 6) is 2.04. The summed E-state index contributed by atoms with van der Waals surface area (Å²) in [5.41, 5.74) is 3.10. The zero-order valence-electron chi connectivity index (χ0n) is 16.3. The van der Waals surface area contributed by atoms with E-state index in [1.807, 2.05) is 32.9 Å². The van der Waals surface area contributed by atoms with Gasteiger partial charge in [0, 0.05) is 5.56 Å². The first kappa shape index (κ1) is 22.7. The Morgan fingerprint density at radius 1 is 1.12 bits per heavy atom. The molecule has 0 heterocycles. The number of aryl methyl sites for hydroxylation is 1. The van der Waals surface area contributed by atoms with E-state index in [1.165, 1.54) is 0 Å². The molecule has 0 spiro atoms. The van der Waals surface area contributed by atoms with Crippen LogP contribution in [0.3, 0.4) is 0 Å². The minimum Gasteiger partial charge on any atom is -0.493 e. The number of oxime groups is 1. The highest BCUT2D eigenvalue weighted by atomic mass is 35.5. The zero-order valence-corrected chi connectivity index (χ0v) is 17.8. The summed E-state index contributed by atoms with van der Waals surface area (Å²) in [4.78, 5) is 5.20. The van der Waals surface area contributed by atoms with Crippen LogP contribution in [0.5, 0.6) is 11.5 Å². The van der Waals surface area contributed by atoms with Gasteiger partial charge in [0.15, 0.2) is 0 Å². The lowest BCUT2D eigenvalue weighted by atomic mass is 9.99. The first-order valence-corrected chi connectivity index (χ1v) is 9.61. The maximum atomic E-state index is 6.05. The Labute approximate surface area is 167 Å². The number of rotatable bonds is 11. The van der Waals surface area contributed by atoms with Gasteiger partial charge in [0.05, 0.1) is 12.3 Å². The molecule has 0 saturated heterocycles. The van der Waals surface area contributed by atoms with E-state index in [2.05, 4.69) is 19.0 Å². The van der Waals surface area contributed by atoms with Gasteiger partial charge in [0.1, 0.15) is 29.2 Å². The van der Waals surface area contributed by atoms with Gasteiger partial charge in [-0.1, -0.05) is 42.2 Å². The molecule has 1 rings (SSSR count). The molecule has 0 N–H and O–H groups in total. The Morgan fingerprint density at radius 3 is 2.42 bits per heavy atom. The Hall–Kier alpha value is -1.39. The molecule has 1 aromatic rings. The normalized spacial score (nSPS) is 10.5. The molecule has 0 unspecified atom stereocenters. The van der Waals surface area contributed by atoms with Crippen molar-refractivity contribution in [2.24, 2.45) is 5.16 Å². The zero-order chi connectivity index (χ0) is 19.5. The van der Waals surface area contributed by atoms with E-state index in [-0.39, 0.29) is 4.49 Å². The maximum Gasteiger partial charge on any atom is 0.125 e. The molecule has 0 fully saturated rings. The number of hydrogen-bond donors (Lipinski definition) is 0. The summed E-state index contributed by atoms with van der Waals surface area (Å²) >= 11 is 11.2. The number of halogens is 2. The molecule has 0 radical (unpaired) electrons. The van der Waals surface area contributed by atoms with Crippen molar-refractivity contribution in [3.8, 4) is 11.5 Å². The standard InChI is InChI=1S/C20H29Cl2NO3/c1-14(2)18-13-17(24-11-8-19(21)22)12-16(5)20(18)25-9-6-7-10-26-23-15(3)4/h8,12-14H,6-7,9-11H2,1-5H3. The highest BCUT2D eigenvalue weighted by Crippen LogP contribution is 2.34. The number of nitrogens with zero attached hydrogens (tertiary/aromatic N) is 1. The SMILES string of the molecule is CC(C)=NOCCCCOc1c(C)cc(OCC=C(Cl)Cl)cc1C(C)C. The van der Waals surface area contributed by atoms with Gasteiger partial charge in [0.2, 0.25) is 0 Å². The monoisotopic (exact) mass is 401 g/mol. The van der Waals surface area contributed by atoms with Crippen LogP contribution in [-0.2, 0) is 4.84 Å². The molecule has 0 atom stereocenters. The Morgan fingerprint density at radius 2 is 1.81 bits per heavy atom. The van der Waals surface area contributed by atoms with Gasteiger partial charge < -0.3 is 14.3 Å². The molecule has 0 saturated carbocycles. The van der Waals surface area contributed by atoms with Crippen molar-refractivity contribution in [1.82, 2.24) is 0 Å². The molecule has 0 aliphatic rings. The molecular formula is C20H29Cl2NO3. The molecular weight excluding hydrogens is 373 g/mol. The third-order valence-electron chi connectivity index (χ3n) is 3.51. The average molecular weight is 402 g/mol. The Balaban J connectivity index is 2.63. The predicted molar refractivity (Wildman–Crippen MR) is 110 cm³/mol. The smallest absolute Gasteiger partial charge is 0.125 e. The summed E-state index contributed by atoms with van der Waals surface area (Å²) < 4.78 is 12.0. The summed E-state index contributed by atoms with van der Waals surface area (Å²) in [5, 5.41) is 3.92. The molecule has 146 valence electrons. The van der Waals surface area contributed by atoms with E-state index >= 15 is 0 Å².